The molecule has 0 heterocycles. The van der Waals surface area contributed by atoms with E-state index in [4.69, 9.17) is 9.47 Å². The summed E-state index contributed by atoms with van der Waals surface area (Å²) >= 11 is 0. The summed E-state index contributed by atoms with van der Waals surface area (Å²) in [4.78, 5) is 11.8. The molecule has 0 aliphatic heterocycles. The number of amides is 1. The Morgan fingerprint density at radius 2 is 1.76 bits per heavy atom. The van der Waals surface area contributed by atoms with Crippen LogP contribution in [-0.2, 0) is 11.2 Å². The predicted octanol–water partition coefficient (Wildman–Crippen LogP) is 3.95. The van der Waals surface area contributed by atoms with Crippen LogP contribution in [0, 0.1) is 0 Å². The summed E-state index contributed by atoms with van der Waals surface area (Å²) in [7, 11) is 0. The highest BCUT2D eigenvalue weighted by atomic mass is 16.5. The molecular weight excluding hydrogens is 314 g/mol. The SMILES string of the molecule is CCc1ccc(OCC(=O)NCCOc2ccccc2C(C)C)cc1. The topological polar surface area (TPSA) is 47.6 Å². The molecule has 4 nitrogen and oxygen atoms in total. The number of benzene rings is 2. The summed E-state index contributed by atoms with van der Waals surface area (Å²) in [5, 5.41) is 2.81. The Morgan fingerprint density at radius 1 is 1.04 bits per heavy atom. The lowest BCUT2D eigenvalue weighted by atomic mass is 10.0. The molecule has 0 spiro atoms. The van der Waals surface area contributed by atoms with Gasteiger partial charge in [-0.05, 0) is 41.7 Å². The van der Waals surface area contributed by atoms with E-state index in [9.17, 15) is 4.79 Å². The van der Waals surface area contributed by atoms with Gasteiger partial charge in [0, 0.05) is 0 Å². The predicted molar refractivity (Wildman–Crippen MR) is 100 cm³/mol. The van der Waals surface area contributed by atoms with Gasteiger partial charge in [0.25, 0.3) is 5.91 Å². The average Bonchev–Trinajstić information content (AvgIpc) is 2.64. The number of nitrogens with one attached hydrogen (secondary N) is 1. The van der Waals surface area contributed by atoms with Crippen LogP contribution in [0.25, 0.3) is 0 Å². The average molecular weight is 341 g/mol. The van der Waals surface area contributed by atoms with Crippen molar-refractivity contribution < 1.29 is 14.3 Å². The quantitative estimate of drug-likeness (QED) is 0.703. The number of aryl methyl sites for hydroxylation is 1. The number of carbonyl (C=O) groups excluding carboxylic acids is 1. The summed E-state index contributed by atoms with van der Waals surface area (Å²) in [6.45, 7) is 7.26. The number of carbonyl (C=O) groups is 1. The summed E-state index contributed by atoms with van der Waals surface area (Å²) in [6.07, 6.45) is 0.987. The van der Waals surface area contributed by atoms with E-state index in [1.807, 2.05) is 42.5 Å². The third-order valence-electron chi connectivity index (χ3n) is 3.92. The molecule has 0 fully saturated rings. The molecule has 134 valence electrons. The van der Waals surface area contributed by atoms with E-state index in [0.29, 0.717) is 24.8 Å². The molecule has 0 bridgehead atoms. The fourth-order valence-electron chi connectivity index (χ4n) is 2.46. The molecule has 1 amide bonds. The number of hydrogen-bond donors (Lipinski definition) is 1. The van der Waals surface area contributed by atoms with Crippen LogP contribution in [0.1, 0.15) is 37.8 Å². The maximum atomic E-state index is 11.8. The number of rotatable bonds is 9. The largest absolute Gasteiger partial charge is 0.491 e. The van der Waals surface area contributed by atoms with Gasteiger partial charge in [-0.2, -0.15) is 0 Å². The van der Waals surface area contributed by atoms with Crippen LogP contribution < -0.4 is 14.8 Å². The normalized spacial score (nSPS) is 10.6. The Balaban J connectivity index is 1.68. The molecule has 0 aliphatic carbocycles. The number of para-hydroxylation sites is 1. The van der Waals surface area contributed by atoms with Crippen molar-refractivity contribution in [2.24, 2.45) is 0 Å². The van der Waals surface area contributed by atoms with Crippen molar-refractivity contribution in [1.29, 1.82) is 0 Å². The Kier molecular flexibility index (Phi) is 7.33. The maximum absolute atomic E-state index is 11.8. The van der Waals surface area contributed by atoms with Gasteiger partial charge in [-0.1, -0.05) is 51.1 Å². The highest BCUT2D eigenvalue weighted by Crippen LogP contribution is 2.25. The van der Waals surface area contributed by atoms with Gasteiger partial charge in [0.15, 0.2) is 6.61 Å². The van der Waals surface area contributed by atoms with Crippen molar-refractivity contribution in [2.75, 3.05) is 19.8 Å². The second-order valence-corrected chi connectivity index (χ2v) is 6.18. The third-order valence-corrected chi connectivity index (χ3v) is 3.92. The monoisotopic (exact) mass is 341 g/mol. The summed E-state index contributed by atoms with van der Waals surface area (Å²) in [5.74, 6) is 1.83. The van der Waals surface area contributed by atoms with Gasteiger partial charge in [-0.25, -0.2) is 0 Å². The Morgan fingerprint density at radius 3 is 2.44 bits per heavy atom. The number of ether oxygens (including phenoxy) is 2. The fraction of sp³-hybridized carbons (Fsp3) is 0.381. The van der Waals surface area contributed by atoms with Crippen LogP contribution in [0.4, 0.5) is 0 Å². The van der Waals surface area contributed by atoms with E-state index in [1.165, 1.54) is 11.1 Å². The maximum Gasteiger partial charge on any atom is 0.258 e. The summed E-state index contributed by atoms with van der Waals surface area (Å²) < 4.78 is 11.3. The van der Waals surface area contributed by atoms with Crippen molar-refractivity contribution >= 4 is 5.91 Å². The third kappa shape index (κ3) is 6.14. The minimum absolute atomic E-state index is 0.00799. The molecule has 4 heteroatoms. The zero-order chi connectivity index (χ0) is 18.1. The van der Waals surface area contributed by atoms with E-state index >= 15 is 0 Å². The van der Waals surface area contributed by atoms with E-state index < -0.39 is 0 Å². The van der Waals surface area contributed by atoms with Crippen LogP contribution in [-0.4, -0.2) is 25.7 Å². The second kappa shape index (κ2) is 9.72. The molecule has 0 saturated heterocycles. The molecule has 0 saturated carbocycles. The first-order valence-electron chi connectivity index (χ1n) is 8.80. The Labute approximate surface area is 150 Å². The fourth-order valence-corrected chi connectivity index (χ4v) is 2.46. The van der Waals surface area contributed by atoms with E-state index in [2.05, 4.69) is 32.2 Å². The molecule has 0 radical (unpaired) electrons. The summed E-state index contributed by atoms with van der Waals surface area (Å²) in [5.41, 5.74) is 2.42. The van der Waals surface area contributed by atoms with Crippen molar-refractivity contribution in [3.8, 4) is 11.5 Å². The Hall–Kier alpha value is -2.49. The van der Waals surface area contributed by atoms with Crippen molar-refractivity contribution in [1.82, 2.24) is 5.32 Å². The molecule has 0 aromatic heterocycles. The van der Waals surface area contributed by atoms with Crippen LogP contribution in [0.15, 0.2) is 48.5 Å². The van der Waals surface area contributed by atoms with Crippen LogP contribution in [0.3, 0.4) is 0 Å². The molecule has 0 unspecified atom stereocenters. The minimum atomic E-state index is -0.152. The lowest BCUT2D eigenvalue weighted by molar-refractivity contribution is -0.123. The first kappa shape index (κ1) is 18.8. The molecule has 0 aliphatic rings. The molecule has 0 atom stereocenters. The molecule has 2 aromatic carbocycles. The van der Waals surface area contributed by atoms with Crippen LogP contribution >= 0.6 is 0 Å². The summed E-state index contributed by atoms with van der Waals surface area (Å²) in [6, 6.07) is 15.8. The standard InChI is InChI=1S/C21H27NO3/c1-4-17-9-11-18(12-10-17)25-15-21(23)22-13-14-24-20-8-6-5-7-19(20)16(2)3/h5-12,16H,4,13-15H2,1-3H3,(H,22,23). The molecular formula is C21H27NO3. The molecule has 25 heavy (non-hydrogen) atoms. The zero-order valence-corrected chi connectivity index (χ0v) is 15.2. The van der Waals surface area contributed by atoms with Crippen molar-refractivity contribution in [2.45, 2.75) is 33.1 Å². The van der Waals surface area contributed by atoms with Crippen molar-refractivity contribution in [3.63, 3.8) is 0 Å². The van der Waals surface area contributed by atoms with Gasteiger partial charge in [0.05, 0.1) is 6.54 Å². The first-order valence-corrected chi connectivity index (χ1v) is 8.80. The Bertz CT molecular complexity index is 665. The minimum Gasteiger partial charge on any atom is -0.491 e. The zero-order valence-electron chi connectivity index (χ0n) is 15.2. The smallest absolute Gasteiger partial charge is 0.258 e. The van der Waals surface area contributed by atoms with E-state index in [1.54, 1.807) is 0 Å². The van der Waals surface area contributed by atoms with Gasteiger partial charge in [-0.15, -0.1) is 0 Å². The van der Waals surface area contributed by atoms with Gasteiger partial charge in [-0.3, -0.25) is 4.79 Å². The molecule has 1 N–H and O–H groups in total. The van der Waals surface area contributed by atoms with Gasteiger partial charge < -0.3 is 14.8 Å². The van der Waals surface area contributed by atoms with Gasteiger partial charge in [0.1, 0.15) is 18.1 Å². The highest BCUT2D eigenvalue weighted by molar-refractivity contribution is 5.77. The highest BCUT2D eigenvalue weighted by Gasteiger charge is 2.07. The second-order valence-electron chi connectivity index (χ2n) is 6.18. The van der Waals surface area contributed by atoms with E-state index in [-0.39, 0.29) is 12.5 Å². The number of hydrogen-bond acceptors (Lipinski definition) is 3. The first-order chi connectivity index (χ1) is 12.1. The van der Waals surface area contributed by atoms with Gasteiger partial charge in [0.2, 0.25) is 0 Å². The molecule has 2 rings (SSSR count). The lowest BCUT2D eigenvalue weighted by Gasteiger charge is -2.14. The van der Waals surface area contributed by atoms with Gasteiger partial charge >= 0.3 is 0 Å². The van der Waals surface area contributed by atoms with E-state index in [0.717, 1.165) is 12.2 Å². The molecule has 2 aromatic rings. The van der Waals surface area contributed by atoms with Crippen LogP contribution in [0.2, 0.25) is 0 Å². The van der Waals surface area contributed by atoms with Crippen LogP contribution in [0.5, 0.6) is 11.5 Å². The lowest BCUT2D eigenvalue weighted by Crippen LogP contribution is -2.32. The van der Waals surface area contributed by atoms with Crippen molar-refractivity contribution in [3.05, 3.63) is 59.7 Å².